The van der Waals surface area contributed by atoms with Gasteiger partial charge < -0.3 is 10.2 Å². The van der Waals surface area contributed by atoms with Crippen LogP contribution in [0.4, 0.5) is 8.78 Å². The third-order valence-corrected chi connectivity index (χ3v) is 4.50. The lowest BCUT2D eigenvalue weighted by atomic mass is 9.86. The van der Waals surface area contributed by atoms with Crippen molar-refractivity contribution in [3.63, 3.8) is 0 Å². The summed E-state index contributed by atoms with van der Waals surface area (Å²) >= 11 is 0. The van der Waals surface area contributed by atoms with Gasteiger partial charge in [-0.05, 0) is 44.2 Å². The molecule has 1 heterocycles. The molecule has 106 valence electrons. The van der Waals surface area contributed by atoms with Gasteiger partial charge in [-0.3, -0.25) is 0 Å². The zero-order chi connectivity index (χ0) is 13.2. The van der Waals surface area contributed by atoms with Gasteiger partial charge in [-0.15, -0.1) is 0 Å². The fourth-order valence-electron chi connectivity index (χ4n) is 3.65. The number of rotatable bonds is 4. The van der Waals surface area contributed by atoms with E-state index in [0.717, 1.165) is 32.6 Å². The Hall–Kier alpha value is -0.220. The Morgan fingerprint density at radius 3 is 2.78 bits per heavy atom. The van der Waals surface area contributed by atoms with Gasteiger partial charge in [0.25, 0.3) is 0 Å². The van der Waals surface area contributed by atoms with Crippen LogP contribution >= 0.6 is 0 Å². The minimum atomic E-state index is -2.41. The van der Waals surface area contributed by atoms with Crippen molar-refractivity contribution < 1.29 is 8.78 Å². The first-order valence-corrected chi connectivity index (χ1v) is 7.17. The smallest absolute Gasteiger partial charge is 0.248 e. The summed E-state index contributed by atoms with van der Waals surface area (Å²) in [6.07, 6.45) is 3.05. The summed E-state index contributed by atoms with van der Waals surface area (Å²) in [5.74, 6) is -2.21. The summed E-state index contributed by atoms with van der Waals surface area (Å²) in [5, 5.41) is 3.24. The van der Waals surface area contributed by atoms with Crippen LogP contribution in [0.3, 0.4) is 0 Å². The van der Waals surface area contributed by atoms with Gasteiger partial charge in [0.05, 0.1) is 0 Å². The molecule has 1 aliphatic carbocycles. The Labute approximate surface area is 109 Å². The molecule has 0 amide bonds. The molecule has 0 aromatic rings. The van der Waals surface area contributed by atoms with Crippen LogP contribution < -0.4 is 5.32 Å². The van der Waals surface area contributed by atoms with E-state index in [1.807, 2.05) is 7.05 Å². The number of likely N-dealkylation sites (tertiary alicyclic amines) is 1. The molecule has 1 N–H and O–H groups in total. The van der Waals surface area contributed by atoms with Crippen molar-refractivity contribution in [3.8, 4) is 0 Å². The van der Waals surface area contributed by atoms with E-state index in [9.17, 15) is 8.78 Å². The Balaban J connectivity index is 1.81. The van der Waals surface area contributed by atoms with Crippen molar-refractivity contribution in [1.82, 2.24) is 10.2 Å². The Bertz CT molecular complexity index is 283. The Morgan fingerprint density at radius 2 is 2.11 bits per heavy atom. The van der Waals surface area contributed by atoms with Gasteiger partial charge in [0.15, 0.2) is 0 Å². The van der Waals surface area contributed by atoms with Crippen LogP contribution in [0.5, 0.6) is 0 Å². The summed E-state index contributed by atoms with van der Waals surface area (Å²) in [6.45, 7) is 6.30. The molecule has 0 radical (unpaired) electrons. The summed E-state index contributed by atoms with van der Waals surface area (Å²) in [6, 6.07) is 0. The van der Waals surface area contributed by atoms with Crippen LogP contribution in [-0.4, -0.2) is 44.0 Å². The van der Waals surface area contributed by atoms with E-state index in [1.54, 1.807) is 0 Å². The zero-order valence-corrected chi connectivity index (χ0v) is 11.6. The van der Waals surface area contributed by atoms with Crippen LogP contribution in [0.25, 0.3) is 0 Å². The van der Waals surface area contributed by atoms with E-state index in [1.165, 1.54) is 6.42 Å². The van der Waals surface area contributed by atoms with Gasteiger partial charge >= 0.3 is 0 Å². The number of nitrogens with one attached hydrogen (secondary N) is 1. The van der Waals surface area contributed by atoms with Gasteiger partial charge in [-0.2, -0.15) is 0 Å². The summed E-state index contributed by atoms with van der Waals surface area (Å²) in [5.41, 5.74) is 0.325. The molecular formula is C14H26F2N2. The molecule has 2 aliphatic rings. The van der Waals surface area contributed by atoms with E-state index in [2.05, 4.69) is 17.1 Å². The monoisotopic (exact) mass is 260 g/mol. The molecule has 2 nitrogen and oxygen atoms in total. The summed E-state index contributed by atoms with van der Waals surface area (Å²) < 4.78 is 26.7. The molecule has 2 unspecified atom stereocenters. The maximum Gasteiger partial charge on any atom is 0.248 e. The third-order valence-electron chi connectivity index (χ3n) is 4.50. The van der Waals surface area contributed by atoms with Crippen molar-refractivity contribution in [3.05, 3.63) is 0 Å². The first-order chi connectivity index (χ1) is 8.42. The fourth-order valence-corrected chi connectivity index (χ4v) is 3.65. The molecule has 2 atom stereocenters. The highest BCUT2D eigenvalue weighted by atomic mass is 19.3. The number of hydrogen-bond donors (Lipinski definition) is 1. The summed E-state index contributed by atoms with van der Waals surface area (Å²) in [7, 11) is 1.98. The van der Waals surface area contributed by atoms with Crippen molar-refractivity contribution >= 4 is 0 Å². The van der Waals surface area contributed by atoms with Crippen molar-refractivity contribution in [2.45, 2.75) is 45.0 Å². The lowest BCUT2D eigenvalue weighted by Gasteiger charge is -2.32. The first kappa shape index (κ1) is 14.2. The number of hydrogen-bond acceptors (Lipinski definition) is 2. The second kappa shape index (κ2) is 5.41. The van der Waals surface area contributed by atoms with Gasteiger partial charge in [0, 0.05) is 32.5 Å². The highest BCUT2D eigenvalue weighted by Gasteiger charge is 2.39. The quantitative estimate of drug-likeness (QED) is 0.836. The Kier molecular flexibility index (Phi) is 4.27. The molecule has 0 bridgehead atoms. The SMILES string of the molecule is CNCC1(C)CCN(CC2CCCC(F)(F)C2)C1. The number of alkyl halides is 2. The molecule has 4 heteroatoms. The molecule has 0 aromatic heterocycles. The topological polar surface area (TPSA) is 15.3 Å². The van der Waals surface area contributed by atoms with Crippen LogP contribution in [-0.2, 0) is 0 Å². The maximum absolute atomic E-state index is 13.4. The predicted octanol–water partition coefficient (Wildman–Crippen LogP) is 2.74. The minimum absolute atomic E-state index is 0.0982. The van der Waals surface area contributed by atoms with E-state index >= 15 is 0 Å². The van der Waals surface area contributed by atoms with Gasteiger partial charge in [0.1, 0.15) is 0 Å². The van der Waals surface area contributed by atoms with E-state index in [4.69, 9.17) is 0 Å². The third kappa shape index (κ3) is 3.64. The van der Waals surface area contributed by atoms with Crippen LogP contribution in [0.1, 0.15) is 39.0 Å². The van der Waals surface area contributed by atoms with Crippen molar-refractivity contribution in [1.29, 1.82) is 0 Å². The number of halogens is 2. The molecule has 2 rings (SSSR count). The molecule has 1 saturated carbocycles. The molecule has 1 saturated heterocycles. The van der Waals surface area contributed by atoms with Gasteiger partial charge in [0.2, 0.25) is 5.92 Å². The largest absolute Gasteiger partial charge is 0.319 e. The van der Waals surface area contributed by atoms with Crippen LogP contribution in [0.15, 0.2) is 0 Å². The molecule has 0 spiro atoms. The molecular weight excluding hydrogens is 234 g/mol. The van der Waals surface area contributed by atoms with Crippen LogP contribution in [0.2, 0.25) is 0 Å². The number of nitrogens with zero attached hydrogens (tertiary/aromatic N) is 1. The second-order valence-electron chi connectivity index (χ2n) is 6.64. The average molecular weight is 260 g/mol. The second-order valence-corrected chi connectivity index (χ2v) is 6.64. The highest BCUT2D eigenvalue weighted by molar-refractivity contribution is 4.89. The van der Waals surface area contributed by atoms with E-state index in [0.29, 0.717) is 11.8 Å². The molecule has 18 heavy (non-hydrogen) atoms. The van der Waals surface area contributed by atoms with Crippen molar-refractivity contribution in [2.75, 3.05) is 33.2 Å². The lowest BCUT2D eigenvalue weighted by Crippen LogP contribution is -2.37. The minimum Gasteiger partial charge on any atom is -0.319 e. The van der Waals surface area contributed by atoms with Crippen molar-refractivity contribution in [2.24, 2.45) is 11.3 Å². The Morgan fingerprint density at radius 1 is 1.33 bits per heavy atom. The predicted molar refractivity (Wildman–Crippen MR) is 70.0 cm³/mol. The van der Waals surface area contributed by atoms with E-state index in [-0.39, 0.29) is 18.8 Å². The normalized spacial score (nSPS) is 37.0. The lowest BCUT2D eigenvalue weighted by molar-refractivity contribution is -0.0563. The van der Waals surface area contributed by atoms with E-state index < -0.39 is 5.92 Å². The molecule has 0 aromatic carbocycles. The van der Waals surface area contributed by atoms with Crippen LogP contribution in [0, 0.1) is 11.3 Å². The van der Waals surface area contributed by atoms with Gasteiger partial charge in [-0.25, -0.2) is 8.78 Å². The molecule has 1 aliphatic heterocycles. The molecule has 2 fully saturated rings. The maximum atomic E-state index is 13.4. The first-order valence-electron chi connectivity index (χ1n) is 7.17. The van der Waals surface area contributed by atoms with Gasteiger partial charge in [-0.1, -0.05) is 6.92 Å². The summed E-state index contributed by atoms with van der Waals surface area (Å²) in [4.78, 5) is 2.39. The average Bonchev–Trinajstić information content (AvgIpc) is 2.59. The standard InChI is InChI=1S/C14H26F2N2/c1-13(10-17-2)6-7-18(11-13)9-12-4-3-5-14(15,16)8-12/h12,17H,3-11H2,1-2H3. The zero-order valence-electron chi connectivity index (χ0n) is 11.6. The highest BCUT2D eigenvalue weighted by Crippen LogP contribution is 2.38. The fraction of sp³-hybridized carbons (Fsp3) is 1.00.